The highest BCUT2D eigenvalue weighted by molar-refractivity contribution is 5.95. The van der Waals surface area contributed by atoms with E-state index >= 15 is 0 Å². The number of nitrogens with zero attached hydrogens (tertiary/aromatic N) is 2. The smallest absolute Gasteiger partial charge is 0.337 e. The van der Waals surface area contributed by atoms with E-state index in [1.165, 1.54) is 17.9 Å². The molecule has 1 amide bonds. The molecule has 1 aromatic heterocycles. The molecule has 1 unspecified atom stereocenters. The topological polar surface area (TPSA) is 90.3 Å². The maximum atomic E-state index is 12.9. The van der Waals surface area contributed by atoms with Crippen molar-refractivity contribution in [3.05, 3.63) is 81.6 Å². The minimum Gasteiger partial charge on any atom is -0.465 e. The van der Waals surface area contributed by atoms with Crippen molar-refractivity contribution < 1.29 is 14.3 Å². The molecule has 0 fully saturated rings. The number of hydrogen-bond acceptors (Lipinski definition) is 5. The molecule has 0 bridgehead atoms. The molecule has 0 aliphatic carbocycles. The summed E-state index contributed by atoms with van der Waals surface area (Å²) in [5.41, 5.74) is 4.21. The number of ether oxygens (including phenoxy) is 1. The Labute approximate surface area is 180 Å². The summed E-state index contributed by atoms with van der Waals surface area (Å²) in [5, 5.41) is 7.30. The Bertz CT molecular complexity index is 1170. The van der Waals surface area contributed by atoms with Crippen LogP contribution in [-0.4, -0.2) is 28.8 Å². The standard InChI is InChI=1S/C24H25N3O4/c1-5-21(23(29)25-18-10-8-17(9-11-18)24(30)31-4)27-22(28)13-12-20(26-27)19-14-15(2)6-7-16(19)3/h6-14,21H,5H2,1-4H3,(H,25,29). The number of amides is 1. The van der Waals surface area contributed by atoms with E-state index in [4.69, 9.17) is 0 Å². The monoisotopic (exact) mass is 419 g/mol. The van der Waals surface area contributed by atoms with Crippen LogP contribution in [-0.2, 0) is 9.53 Å². The molecule has 160 valence electrons. The molecule has 0 saturated carbocycles. The predicted molar refractivity (Wildman–Crippen MR) is 119 cm³/mol. The van der Waals surface area contributed by atoms with Gasteiger partial charge in [0.1, 0.15) is 6.04 Å². The van der Waals surface area contributed by atoms with Crippen LogP contribution in [0.25, 0.3) is 11.3 Å². The van der Waals surface area contributed by atoms with Gasteiger partial charge in [0.25, 0.3) is 5.56 Å². The first-order valence-electron chi connectivity index (χ1n) is 10.0. The van der Waals surface area contributed by atoms with Crippen molar-refractivity contribution in [3.63, 3.8) is 0 Å². The number of aryl methyl sites for hydroxylation is 2. The maximum absolute atomic E-state index is 12.9. The van der Waals surface area contributed by atoms with E-state index < -0.39 is 12.0 Å². The zero-order valence-electron chi connectivity index (χ0n) is 18.0. The summed E-state index contributed by atoms with van der Waals surface area (Å²) in [5.74, 6) is -0.815. The predicted octanol–water partition coefficient (Wildman–Crippen LogP) is 3.90. The normalized spacial score (nSPS) is 11.6. The highest BCUT2D eigenvalue weighted by Gasteiger charge is 2.22. The van der Waals surface area contributed by atoms with E-state index in [1.807, 2.05) is 39.0 Å². The van der Waals surface area contributed by atoms with Crippen LogP contribution in [0.15, 0.2) is 59.4 Å². The molecular formula is C24H25N3O4. The van der Waals surface area contributed by atoms with Gasteiger partial charge in [-0.1, -0.05) is 24.6 Å². The van der Waals surface area contributed by atoms with Gasteiger partial charge in [0.2, 0.25) is 5.91 Å². The van der Waals surface area contributed by atoms with Crippen LogP contribution in [0.3, 0.4) is 0 Å². The summed E-state index contributed by atoms with van der Waals surface area (Å²) < 4.78 is 5.91. The summed E-state index contributed by atoms with van der Waals surface area (Å²) in [6.07, 6.45) is 0.384. The number of carbonyl (C=O) groups excluding carboxylic acids is 2. The molecule has 3 rings (SSSR count). The Morgan fingerprint density at radius 1 is 1.06 bits per heavy atom. The lowest BCUT2D eigenvalue weighted by Crippen LogP contribution is -2.34. The third-order valence-electron chi connectivity index (χ3n) is 5.05. The van der Waals surface area contributed by atoms with Gasteiger partial charge in [-0.15, -0.1) is 0 Å². The summed E-state index contributed by atoms with van der Waals surface area (Å²) >= 11 is 0. The number of aromatic nitrogens is 2. The number of carbonyl (C=O) groups is 2. The number of methoxy groups -OCH3 is 1. The summed E-state index contributed by atoms with van der Waals surface area (Å²) in [4.78, 5) is 37.0. The van der Waals surface area contributed by atoms with Crippen LogP contribution < -0.4 is 10.9 Å². The SMILES string of the molecule is CCC(C(=O)Nc1ccc(C(=O)OC)cc1)n1nc(-c2cc(C)ccc2C)ccc1=O. The lowest BCUT2D eigenvalue weighted by molar-refractivity contribution is -0.119. The van der Waals surface area contributed by atoms with Crippen molar-refractivity contribution >= 4 is 17.6 Å². The highest BCUT2D eigenvalue weighted by Crippen LogP contribution is 2.23. The highest BCUT2D eigenvalue weighted by atomic mass is 16.5. The molecule has 31 heavy (non-hydrogen) atoms. The molecule has 0 radical (unpaired) electrons. The second kappa shape index (κ2) is 9.38. The molecule has 0 saturated heterocycles. The van der Waals surface area contributed by atoms with Crippen molar-refractivity contribution in [1.82, 2.24) is 9.78 Å². The molecule has 1 heterocycles. The van der Waals surface area contributed by atoms with Crippen LogP contribution in [0.5, 0.6) is 0 Å². The van der Waals surface area contributed by atoms with Crippen LogP contribution in [0.1, 0.15) is 40.9 Å². The summed E-state index contributed by atoms with van der Waals surface area (Å²) in [6.45, 7) is 5.80. The van der Waals surface area contributed by atoms with Crippen molar-refractivity contribution in [2.24, 2.45) is 0 Å². The molecular weight excluding hydrogens is 394 g/mol. The number of benzene rings is 2. The quantitative estimate of drug-likeness (QED) is 0.612. The van der Waals surface area contributed by atoms with Gasteiger partial charge in [0.15, 0.2) is 0 Å². The Morgan fingerprint density at radius 3 is 2.42 bits per heavy atom. The van der Waals surface area contributed by atoms with E-state index in [2.05, 4.69) is 15.2 Å². The number of esters is 1. The first-order valence-corrected chi connectivity index (χ1v) is 10.0. The zero-order valence-corrected chi connectivity index (χ0v) is 18.0. The molecule has 7 nitrogen and oxygen atoms in total. The van der Waals surface area contributed by atoms with Gasteiger partial charge < -0.3 is 10.1 Å². The van der Waals surface area contributed by atoms with Gasteiger partial charge in [0.05, 0.1) is 18.4 Å². The number of anilines is 1. The fourth-order valence-electron chi connectivity index (χ4n) is 3.31. The van der Waals surface area contributed by atoms with Crippen molar-refractivity contribution in [2.45, 2.75) is 33.2 Å². The Balaban J connectivity index is 1.89. The number of rotatable bonds is 6. The fourth-order valence-corrected chi connectivity index (χ4v) is 3.31. The van der Waals surface area contributed by atoms with E-state index in [1.54, 1.807) is 30.3 Å². The van der Waals surface area contributed by atoms with Crippen molar-refractivity contribution in [2.75, 3.05) is 12.4 Å². The molecule has 1 N–H and O–H groups in total. The second-order valence-electron chi connectivity index (χ2n) is 7.30. The molecule has 7 heteroatoms. The van der Waals surface area contributed by atoms with E-state index in [9.17, 15) is 14.4 Å². The van der Waals surface area contributed by atoms with E-state index in [0.29, 0.717) is 23.4 Å². The van der Waals surface area contributed by atoms with Gasteiger partial charge in [-0.25, -0.2) is 9.48 Å². The Hall–Kier alpha value is -3.74. The molecule has 2 aromatic carbocycles. The lowest BCUT2D eigenvalue weighted by Gasteiger charge is -2.18. The van der Waals surface area contributed by atoms with Gasteiger partial charge in [-0.2, -0.15) is 5.10 Å². The van der Waals surface area contributed by atoms with Crippen molar-refractivity contribution in [3.8, 4) is 11.3 Å². The first kappa shape index (κ1) is 22.0. The third kappa shape index (κ3) is 4.88. The van der Waals surface area contributed by atoms with E-state index in [-0.39, 0.29) is 11.5 Å². The van der Waals surface area contributed by atoms with Crippen LogP contribution in [0, 0.1) is 13.8 Å². The van der Waals surface area contributed by atoms with Gasteiger partial charge in [-0.05, 0) is 62.2 Å². The molecule has 0 aliphatic rings. The van der Waals surface area contributed by atoms with Crippen LogP contribution >= 0.6 is 0 Å². The molecule has 3 aromatic rings. The average molecular weight is 419 g/mol. The average Bonchev–Trinajstić information content (AvgIpc) is 2.77. The van der Waals surface area contributed by atoms with Gasteiger partial charge >= 0.3 is 5.97 Å². The third-order valence-corrected chi connectivity index (χ3v) is 5.05. The first-order chi connectivity index (χ1) is 14.8. The fraction of sp³-hybridized carbons (Fsp3) is 0.250. The van der Waals surface area contributed by atoms with Gasteiger partial charge in [-0.3, -0.25) is 9.59 Å². The number of hydrogen-bond donors (Lipinski definition) is 1. The summed E-state index contributed by atoms with van der Waals surface area (Å²) in [6, 6.07) is 14.7. The van der Waals surface area contributed by atoms with Crippen LogP contribution in [0.4, 0.5) is 5.69 Å². The zero-order chi connectivity index (χ0) is 22.5. The largest absolute Gasteiger partial charge is 0.465 e. The van der Waals surface area contributed by atoms with E-state index in [0.717, 1.165) is 16.7 Å². The summed E-state index contributed by atoms with van der Waals surface area (Å²) in [7, 11) is 1.31. The minimum absolute atomic E-state index is 0.350. The van der Waals surface area contributed by atoms with Crippen molar-refractivity contribution in [1.29, 1.82) is 0 Å². The van der Waals surface area contributed by atoms with Crippen LogP contribution in [0.2, 0.25) is 0 Å². The Kier molecular flexibility index (Phi) is 6.65. The second-order valence-corrected chi connectivity index (χ2v) is 7.30. The maximum Gasteiger partial charge on any atom is 0.337 e. The molecule has 1 atom stereocenters. The number of nitrogens with one attached hydrogen (secondary N) is 1. The van der Waals surface area contributed by atoms with Gasteiger partial charge in [0, 0.05) is 17.3 Å². The molecule has 0 spiro atoms. The lowest BCUT2D eigenvalue weighted by atomic mass is 10.0. The molecule has 0 aliphatic heterocycles. The minimum atomic E-state index is -0.780. The Morgan fingerprint density at radius 2 is 1.77 bits per heavy atom.